The Balaban J connectivity index is 1.23. The minimum absolute atomic E-state index is 0.0235. The molecule has 0 aliphatic heterocycles. The quantitative estimate of drug-likeness (QED) is 0.211. The Bertz CT molecular complexity index is 1320. The van der Waals surface area contributed by atoms with Gasteiger partial charge in [0.2, 0.25) is 0 Å². The monoisotopic (exact) mass is 519 g/mol. The molecule has 7 heteroatoms. The number of fused-ring (bicyclic) bond motifs is 1. The molecule has 0 aliphatic carbocycles. The summed E-state index contributed by atoms with van der Waals surface area (Å²) in [7, 11) is 0. The van der Waals surface area contributed by atoms with E-state index in [1.807, 2.05) is 6.07 Å². The van der Waals surface area contributed by atoms with Gasteiger partial charge in [-0.3, -0.25) is 4.79 Å². The molecule has 0 unspecified atom stereocenters. The van der Waals surface area contributed by atoms with Crippen molar-refractivity contribution in [3.8, 4) is 11.5 Å². The number of benzene rings is 3. The van der Waals surface area contributed by atoms with E-state index >= 15 is 0 Å². The Morgan fingerprint density at radius 1 is 0.973 bits per heavy atom. The fraction of sp³-hybridized carbons (Fsp3) is 0.333. The highest BCUT2D eigenvalue weighted by atomic mass is 35.5. The molecule has 0 fully saturated rings. The van der Waals surface area contributed by atoms with Gasteiger partial charge in [-0.2, -0.15) is 0 Å². The highest BCUT2D eigenvalue weighted by Gasteiger charge is 2.11. The van der Waals surface area contributed by atoms with E-state index in [2.05, 4.69) is 60.1 Å². The van der Waals surface area contributed by atoms with Gasteiger partial charge < -0.3 is 19.4 Å². The van der Waals surface area contributed by atoms with Crippen LogP contribution in [-0.4, -0.2) is 35.2 Å². The number of carbonyl (C=O) groups excluding carboxylic acids is 1. The van der Waals surface area contributed by atoms with Crippen molar-refractivity contribution in [1.82, 2.24) is 14.9 Å². The van der Waals surface area contributed by atoms with Crippen LogP contribution in [0.1, 0.15) is 36.2 Å². The molecule has 0 bridgehead atoms. The first-order valence-electron chi connectivity index (χ1n) is 12.8. The van der Waals surface area contributed by atoms with E-state index in [0.717, 1.165) is 60.4 Å². The van der Waals surface area contributed by atoms with Crippen molar-refractivity contribution in [3.05, 3.63) is 88.7 Å². The normalized spacial score (nSPS) is 11.0. The third kappa shape index (κ3) is 7.73. The van der Waals surface area contributed by atoms with E-state index in [4.69, 9.17) is 26.1 Å². The number of nitrogens with one attached hydrogen (secondary N) is 1. The maximum atomic E-state index is 12.2. The number of aromatic nitrogens is 2. The summed E-state index contributed by atoms with van der Waals surface area (Å²) < 4.78 is 13.8. The minimum Gasteiger partial charge on any atom is -0.493 e. The summed E-state index contributed by atoms with van der Waals surface area (Å²) in [6.45, 7) is 6.27. The predicted molar refractivity (Wildman–Crippen MR) is 149 cm³/mol. The van der Waals surface area contributed by atoms with Crippen LogP contribution in [0.25, 0.3) is 11.0 Å². The van der Waals surface area contributed by atoms with Gasteiger partial charge in [-0.15, -0.1) is 0 Å². The second-order valence-electron chi connectivity index (χ2n) is 9.19. The fourth-order valence-corrected chi connectivity index (χ4v) is 4.31. The molecule has 1 N–H and O–H groups in total. The Morgan fingerprint density at radius 3 is 2.62 bits per heavy atom. The molecule has 0 spiro atoms. The van der Waals surface area contributed by atoms with Gasteiger partial charge in [0, 0.05) is 24.5 Å². The summed E-state index contributed by atoms with van der Waals surface area (Å²) in [6.07, 6.45) is 3.54. The zero-order chi connectivity index (χ0) is 26.0. The number of nitrogens with zero attached hydrogens (tertiary/aromatic N) is 2. The number of rotatable bonds is 13. The van der Waals surface area contributed by atoms with Crippen LogP contribution in [0.4, 0.5) is 0 Å². The smallest absolute Gasteiger partial charge is 0.257 e. The van der Waals surface area contributed by atoms with Crippen LogP contribution in [0.5, 0.6) is 11.5 Å². The van der Waals surface area contributed by atoms with Crippen molar-refractivity contribution < 1.29 is 14.3 Å². The van der Waals surface area contributed by atoms with Gasteiger partial charge in [-0.1, -0.05) is 35.9 Å². The third-order valence-corrected chi connectivity index (χ3v) is 6.45. The Kier molecular flexibility index (Phi) is 9.44. The lowest BCUT2D eigenvalue weighted by Crippen LogP contribution is -2.30. The lowest BCUT2D eigenvalue weighted by Gasteiger charge is -2.12. The first-order chi connectivity index (χ1) is 18.0. The summed E-state index contributed by atoms with van der Waals surface area (Å²) in [4.78, 5) is 17.0. The van der Waals surface area contributed by atoms with E-state index in [9.17, 15) is 4.79 Å². The maximum Gasteiger partial charge on any atom is 0.257 e. The van der Waals surface area contributed by atoms with Crippen LogP contribution in [-0.2, 0) is 17.8 Å². The number of para-hydroxylation sites is 2. The van der Waals surface area contributed by atoms with E-state index in [1.165, 1.54) is 5.56 Å². The van der Waals surface area contributed by atoms with Gasteiger partial charge in [0.1, 0.15) is 17.3 Å². The van der Waals surface area contributed by atoms with E-state index in [0.29, 0.717) is 23.9 Å². The van der Waals surface area contributed by atoms with Crippen molar-refractivity contribution >= 4 is 28.5 Å². The van der Waals surface area contributed by atoms with Crippen LogP contribution in [0.15, 0.2) is 66.7 Å². The number of unbranched alkanes of at least 4 members (excludes halogenated alkanes) is 1. The first kappa shape index (κ1) is 26.6. The predicted octanol–water partition coefficient (Wildman–Crippen LogP) is 6.29. The summed E-state index contributed by atoms with van der Waals surface area (Å²) >= 11 is 5.87. The summed E-state index contributed by atoms with van der Waals surface area (Å²) in [5.41, 5.74) is 4.52. The Labute approximate surface area is 223 Å². The maximum absolute atomic E-state index is 12.2. The third-order valence-electron chi connectivity index (χ3n) is 6.19. The molecule has 4 rings (SSSR count). The molecule has 0 saturated heterocycles. The molecule has 3 aromatic carbocycles. The number of halogens is 1. The van der Waals surface area contributed by atoms with E-state index in [-0.39, 0.29) is 12.5 Å². The number of ether oxygens (including phenoxy) is 2. The molecule has 1 amide bonds. The number of hydrogen-bond donors (Lipinski definition) is 1. The lowest BCUT2D eigenvalue weighted by atomic mass is 10.1. The van der Waals surface area contributed by atoms with Gasteiger partial charge in [0.25, 0.3) is 5.91 Å². The lowest BCUT2D eigenvalue weighted by molar-refractivity contribution is -0.123. The average Bonchev–Trinajstić information content (AvgIpc) is 3.25. The summed E-state index contributed by atoms with van der Waals surface area (Å²) in [6, 6.07) is 21.5. The van der Waals surface area contributed by atoms with Crippen molar-refractivity contribution in [3.63, 3.8) is 0 Å². The average molecular weight is 520 g/mol. The van der Waals surface area contributed by atoms with Crippen LogP contribution < -0.4 is 14.8 Å². The molecule has 1 aromatic heterocycles. The van der Waals surface area contributed by atoms with Crippen LogP contribution >= 0.6 is 11.6 Å². The van der Waals surface area contributed by atoms with Crippen molar-refractivity contribution in [2.45, 2.75) is 46.1 Å². The molecule has 1 heterocycles. The van der Waals surface area contributed by atoms with Gasteiger partial charge >= 0.3 is 0 Å². The van der Waals surface area contributed by atoms with E-state index < -0.39 is 0 Å². The Morgan fingerprint density at radius 2 is 1.78 bits per heavy atom. The second kappa shape index (κ2) is 13.2. The van der Waals surface area contributed by atoms with Gasteiger partial charge in [0.15, 0.2) is 6.61 Å². The molecule has 0 saturated carbocycles. The molecular weight excluding hydrogens is 486 g/mol. The molecule has 6 nitrogen and oxygen atoms in total. The summed E-state index contributed by atoms with van der Waals surface area (Å²) in [5, 5.41) is 3.56. The zero-order valence-corrected chi connectivity index (χ0v) is 22.3. The van der Waals surface area contributed by atoms with Crippen molar-refractivity contribution in [2.24, 2.45) is 0 Å². The molecule has 37 heavy (non-hydrogen) atoms. The molecular formula is C30H34ClN3O3. The van der Waals surface area contributed by atoms with Crippen LogP contribution in [0, 0.1) is 13.8 Å². The number of aryl methyl sites for hydroxylation is 4. The van der Waals surface area contributed by atoms with Crippen LogP contribution in [0.2, 0.25) is 5.02 Å². The highest BCUT2D eigenvalue weighted by Crippen LogP contribution is 2.21. The topological polar surface area (TPSA) is 65.4 Å². The van der Waals surface area contributed by atoms with Gasteiger partial charge in [-0.25, -0.2) is 4.98 Å². The Hall–Kier alpha value is -3.51. The van der Waals surface area contributed by atoms with Gasteiger partial charge in [-0.05, 0) is 86.7 Å². The van der Waals surface area contributed by atoms with Crippen molar-refractivity contribution in [2.75, 3.05) is 19.8 Å². The minimum atomic E-state index is -0.146. The largest absolute Gasteiger partial charge is 0.493 e. The van der Waals surface area contributed by atoms with E-state index in [1.54, 1.807) is 24.3 Å². The standard InChI is InChI=1S/C30H34ClN3O3/c1-22-11-12-23(2)28(20-22)36-19-6-5-18-34-27-9-4-3-8-26(27)33-29(34)10-7-17-32-30(35)21-37-25-15-13-24(31)14-16-25/h3-4,8-9,11-16,20H,5-7,10,17-19,21H2,1-2H3,(H,32,35). The molecule has 4 aromatic rings. The zero-order valence-electron chi connectivity index (χ0n) is 21.5. The van der Waals surface area contributed by atoms with Crippen LogP contribution in [0.3, 0.4) is 0 Å². The molecule has 0 radical (unpaired) electrons. The first-order valence-corrected chi connectivity index (χ1v) is 13.2. The number of carbonyl (C=O) groups is 1. The molecule has 194 valence electrons. The summed E-state index contributed by atoms with van der Waals surface area (Å²) in [5.74, 6) is 2.48. The molecule has 0 atom stereocenters. The fourth-order valence-electron chi connectivity index (χ4n) is 4.19. The SMILES string of the molecule is Cc1ccc(C)c(OCCCCn2c(CCCNC(=O)COc3ccc(Cl)cc3)nc3ccccc32)c1. The highest BCUT2D eigenvalue weighted by molar-refractivity contribution is 6.30. The second-order valence-corrected chi connectivity index (χ2v) is 9.63. The number of hydrogen-bond acceptors (Lipinski definition) is 4. The molecule has 0 aliphatic rings. The number of imidazole rings is 1. The van der Waals surface area contributed by atoms with Gasteiger partial charge in [0.05, 0.1) is 17.6 Å². The van der Waals surface area contributed by atoms with Crippen molar-refractivity contribution in [1.29, 1.82) is 0 Å². The number of amides is 1.